The zero-order valence-corrected chi connectivity index (χ0v) is 14.3. The molecule has 1 N–H and O–H groups in total. The lowest BCUT2D eigenvalue weighted by Gasteiger charge is -2.29. The van der Waals surface area contributed by atoms with Crippen molar-refractivity contribution in [1.29, 1.82) is 0 Å². The van der Waals surface area contributed by atoms with Crippen LogP contribution in [0.15, 0.2) is 18.2 Å². The third kappa shape index (κ3) is 4.60. The highest BCUT2D eigenvalue weighted by atomic mass is 35.5. The van der Waals surface area contributed by atoms with Crippen LogP contribution in [0.1, 0.15) is 15.9 Å². The van der Waals surface area contributed by atoms with Gasteiger partial charge in [-0.05, 0) is 24.6 Å². The molecule has 0 aliphatic carbocycles. The van der Waals surface area contributed by atoms with Crippen molar-refractivity contribution in [2.75, 3.05) is 39.8 Å². The molecule has 122 valence electrons. The molecule has 0 unspecified atom stereocenters. The van der Waals surface area contributed by atoms with E-state index in [1.165, 1.54) is 4.90 Å². The Kier molecular flexibility index (Phi) is 7.13. The van der Waals surface area contributed by atoms with E-state index in [9.17, 15) is 9.59 Å². The first kappa shape index (κ1) is 18.7. The van der Waals surface area contributed by atoms with Gasteiger partial charge in [-0.1, -0.05) is 17.7 Å². The average molecular weight is 346 g/mol. The molecule has 22 heavy (non-hydrogen) atoms. The fourth-order valence-electron chi connectivity index (χ4n) is 2.32. The van der Waals surface area contributed by atoms with E-state index in [0.29, 0.717) is 23.7 Å². The van der Waals surface area contributed by atoms with Gasteiger partial charge in [0.25, 0.3) is 5.91 Å². The number of piperazine rings is 1. The highest BCUT2D eigenvalue weighted by Gasteiger charge is 2.21. The summed E-state index contributed by atoms with van der Waals surface area (Å²) in [4.78, 5) is 27.8. The molecule has 2 amide bonds. The van der Waals surface area contributed by atoms with Crippen molar-refractivity contribution in [3.63, 3.8) is 0 Å². The summed E-state index contributed by atoms with van der Waals surface area (Å²) >= 11 is 5.94. The van der Waals surface area contributed by atoms with Gasteiger partial charge in [0, 0.05) is 43.8 Å². The number of rotatable bonds is 3. The van der Waals surface area contributed by atoms with Gasteiger partial charge in [0.15, 0.2) is 0 Å². The van der Waals surface area contributed by atoms with E-state index in [1.54, 1.807) is 24.1 Å². The molecule has 0 saturated carbocycles. The lowest BCUT2D eigenvalue weighted by Crippen LogP contribution is -2.49. The Morgan fingerprint density at radius 1 is 1.32 bits per heavy atom. The van der Waals surface area contributed by atoms with Crippen LogP contribution in [0, 0.1) is 6.92 Å². The number of benzene rings is 1. The molecule has 5 nitrogen and oxygen atoms in total. The summed E-state index contributed by atoms with van der Waals surface area (Å²) in [6, 6.07) is 5.20. The molecule has 2 rings (SSSR count). The first-order valence-electron chi connectivity index (χ1n) is 6.99. The molecule has 0 atom stereocenters. The van der Waals surface area contributed by atoms with Crippen LogP contribution in [-0.2, 0) is 4.79 Å². The lowest BCUT2D eigenvalue weighted by molar-refractivity contribution is -0.132. The monoisotopic (exact) mass is 345 g/mol. The van der Waals surface area contributed by atoms with Gasteiger partial charge < -0.3 is 15.1 Å². The Balaban J connectivity index is 0.00000242. The quantitative estimate of drug-likeness (QED) is 0.904. The van der Waals surface area contributed by atoms with Gasteiger partial charge in [-0.15, -0.1) is 12.4 Å². The normalized spacial score (nSPS) is 14.2. The number of halogens is 2. The maximum Gasteiger partial charge on any atom is 0.254 e. The second-order valence-electron chi connectivity index (χ2n) is 5.25. The molecular formula is C15H21Cl2N3O2. The van der Waals surface area contributed by atoms with Crippen molar-refractivity contribution < 1.29 is 9.59 Å². The van der Waals surface area contributed by atoms with E-state index in [-0.39, 0.29) is 30.8 Å². The number of carbonyl (C=O) groups excluding carboxylic acids is 2. The SMILES string of the molecule is Cc1ccc(Cl)cc1C(=O)N(C)CC(=O)N1CCNCC1.Cl. The van der Waals surface area contributed by atoms with Gasteiger partial charge in [-0.3, -0.25) is 9.59 Å². The smallest absolute Gasteiger partial charge is 0.254 e. The van der Waals surface area contributed by atoms with Crippen molar-refractivity contribution in [1.82, 2.24) is 15.1 Å². The summed E-state index contributed by atoms with van der Waals surface area (Å²) < 4.78 is 0. The highest BCUT2D eigenvalue weighted by molar-refractivity contribution is 6.31. The molecule has 0 spiro atoms. The molecule has 1 fully saturated rings. The Morgan fingerprint density at radius 3 is 2.59 bits per heavy atom. The average Bonchev–Trinajstić information content (AvgIpc) is 2.49. The molecular weight excluding hydrogens is 325 g/mol. The second kappa shape index (κ2) is 8.36. The second-order valence-corrected chi connectivity index (χ2v) is 5.69. The van der Waals surface area contributed by atoms with Crippen LogP contribution in [0.3, 0.4) is 0 Å². The largest absolute Gasteiger partial charge is 0.339 e. The van der Waals surface area contributed by atoms with Crippen molar-refractivity contribution in [2.45, 2.75) is 6.92 Å². The Labute approximate surface area is 142 Å². The molecule has 0 aromatic heterocycles. The molecule has 1 aliphatic heterocycles. The number of likely N-dealkylation sites (N-methyl/N-ethyl adjacent to an activating group) is 1. The van der Waals surface area contributed by atoms with Crippen molar-refractivity contribution in [2.24, 2.45) is 0 Å². The van der Waals surface area contributed by atoms with Crippen LogP contribution in [0.2, 0.25) is 5.02 Å². The van der Waals surface area contributed by atoms with Crippen LogP contribution >= 0.6 is 24.0 Å². The number of hydrogen-bond acceptors (Lipinski definition) is 3. The van der Waals surface area contributed by atoms with Crippen molar-refractivity contribution in [3.05, 3.63) is 34.3 Å². The molecule has 1 saturated heterocycles. The summed E-state index contributed by atoms with van der Waals surface area (Å²) in [5.41, 5.74) is 1.39. The number of nitrogens with one attached hydrogen (secondary N) is 1. The van der Waals surface area contributed by atoms with Gasteiger partial charge in [0.1, 0.15) is 0 Å². The van der Waals surface area contributed by atoms with Crippen LogP contribution in [0.5, 0.6) is 0 Å². The first-order chi connectivity index (χ1) is 9.99. The summed E-state index contributed by atoms with van der Waals surface area (Å²) in [6.07, 6.45) is 0. The number of amides is 2. The predicted molar refractivity (Wildman–Crippen MR) is 89.8 cm³/mol. The maximum absolute atomic E-state index is 12.4. The van der Waals surface area contributed by atoms with E-state index in [2.05, 4.69) is 5.32 Å². The van der Waals surface area contributed by atoms with Crippen LogP contribution in [0.25, 0.3) is 0 Å². The number of hydrogen-bond donors (Lipinski definition) is 1. The van der Waals surface area contributed by atoms with E-state index >= 15 is 0 Å². The van der Waals surface area contributed by atoms with Gasteiger partial charge in [-0.25, -0.2) is 0 Å². The molecule has 0 bridgehead atoms. The van der Waals surface area contributed by atoms with Crippen LogP contribution in [0.4, 0.5) is 0 Å². The summed E-state index contributed by atoms with van der Waals surface area (Å²) in [7, 11) is 1.64. The molecule has 7 heteroatoms. The van der Waals surface area contributed by atoms with Gasteiger partial charge in [-0.2, -0.15) is 0 Å². The summed E-state index contributed by atoms with van der Waals surface area (Å²) in [5, 5.41) is 3.72. The summed E-state index contributed by atoms with van der Waals surface area (Å²) in [6.45, 7) is 4.93. The van der Waals surface area contributed by atoms with E-state index in [1.807, 2.05) is 13.0 Å². The minimum Gasteiger partial charge on any atom is -0.339 e. The van der Waals surface area contributed by atoms with Crippen LogP contribution in [-0.4, -0.2) is 61.4 Å². The Hall–Kier alpha value is -1.30. The maximum atomic E-state index is 12.4. The predicted octanol–water partition coefficient (Wildman–Crippen LogP) is 1.57. The third-order valence-electron chi connectivity index (χ3n) is 3.62. The fraction of sp³-hybridized carbons (Fsp3) is 0.467. The first-order valence-corrected chi connectivity index (χ1v) is 7.37. The molecule has 1 aliphatic rings. The summed E-state index contributed by atoms with van der Waals surface area (Å²) in [5.74, 6) is -0.203. The Bertz CT molecular complexity index is 546. The Morgan fingerprint density at radius 2 is 1.95 bits per heavy atom. The van der Waals surface area contributed by atoms with Gasteiger partial charge in [0.05, 0.1) is 6.54 Å². The highest BCUT2D eigenvalue weighted by Crippen LogP contribution is 2.17. The number of carbonyl (C=O) groups is 2. The van der Waals surface area contributed by atoms with E-state index in [4.69, 9.17) is 11.6 Å². The zero-order valence-electron chi connectivity index (χ0n) is 12.8. The fourth-order valence-corrected chi connectivity index (χ4v) is 2.49. The van der Waals surface area contributed by atoms with Gasteiger partial charge >= 0.3 is 0 Å². The molecule has 1 heterocycles. The van der Waals surface area contributed by atoms with E-state index in [0.717, 1.165) is 18.7 Å². The van der Waals surface area contributed by atoms with Crippen molar-refractivity contribution >= 4 is 35.8 Å². The standard InChI is InChI=1S/C15H20ClN3O2.ClH/c1-11-3-4-12(16)9-13(11)15(21)18(2)10-14(20)19-7-5-17-6-8-19;/h3-4,9,17H,5-8,10H2,1-2H3;1H. The minimum absolute atomic E-state index is 0. The van der Waals surface area contributed by atoms with Crippen LogP contribution < -0.4 is 5.32 Å². The zero-order chi connectivity index (χ0) is 15.4. The topological polar surface area (TPSA) is 52.7 Å². The minimum atomic E-state index is -0.182. The molecule has 0 radical (unpaired) electrons. The van der Waals surface area contributed by atoms with Gasteiger partial charge in [0.2, 0.25) is 5.91 Å². The van der Waals surface area contributed by atoms with Crippen molar-refractivity contribution in [3.8, 4) is 0 Å². The number of nitrogens with zero attached hydrogens (tertiary/aromatic N) is 2. The lowest BCUT2D eigenvalue weighted by atomic mass is 10.1. The van der Waals surface area contributed by atoms with E-state index < -0.39 is 0 Å². The third-order valence-corrected chi connectivity index (χ3v) is 3.85. The molecule has 1 aromatic carbocycles. The molecule has 1 aromatic rings. The number of aryl methyl sites for hydroxylation is 1.